The van der Waals surface area contributed by atoms with Gasteiger partial charge in [0, 0.05) is 85.2 Å². The zero-order valence-corrected chi connectivity index (χ0v) is 40.3. The number of aliphatic hydroxyl groups excluding tert-OH is 1. The second kappa shape index (κ2) is 19.8. The normalized spacial score (nSPS) is 21.4. The number of carbonyl (C=O) groups excluding carboxylic acids is 3. The topological polar surface area (TPSA) is 196 Å². The number of aromatic hydroxyl groups is 1. The second-order valence-corrected chi connectivity index (χ2v) is 20.4. The highest BCUT2D eigenvalue weighted by atomic mass is 19.4. The fraction of sp³-hybridized carbons (Fsp3) is 0.481. The van der Waals surface area contributed by atoms with E-state index in [4.69, 9.17) is 6.42 Å². The van der Waals surface area contributed by atoms with Crippen LogP contribution < -0.4 is 15.5 Å². The number of para-hydroxylation sites is 1. The Labute approximate surface area is 410 Å². The number of alkyl halides is 3. The fourth-order valence-corrected chi connectivity index (χ4v) is 10.8. The van der Waals surface area contributed by atoms with Crippen LogP contribution in [0.2, 0.25) is 0 Å². The third-order valence-electron chi connectivity index (χ3n) is 14.7. The van der Waals surface area contributed by atoms with E-state index in [9.17, 15) is 24.6 Å². The number of phenols is 1. The highest BCUT2D eigenvalue weighted by Crippen LogP contribution is 2.46. The number of nitrogens with zero attached hydrogens (tertiary/aromatic N) is 8. The summed E-state index contributed by atoms with van der Waals surface area (Å²) in [7, 11) is 0. The van der Waals surface area contributed by atoms with Gasteiger partial charge in [-0.1, -0.05) is 51.0 Å². The van der Waals surface area contributed by atoms with Crippen LogP contribution in [-0.4, -0.2) is 138 Å². The number of fused-ring (bicyclic) bond motifs is 3. The molecular formula is C52H60F3N11O5. The Kier molecular flexibility index (Phi) is 13.7. The number of hydrogen-bond acceptors (Lipinski definition) is 11. The third-order valence-corrected chi connectivity index (χ3v) is 14.7. The Bertz CT molecular complexity index is 2790. The number of β-amino-alcohol motifs (C(OH)–C–C–N with tert-alkyl or cyclic N) is 1. The quantitative estimate of drug-likeness (QED) is 0.103. The average Bonchev–Trinajstić information content (AvgIpc) is 3.95. The largest absolute Gasteiger partial charge is 0.507 e. The number of aliphatic hydroxyl groups is 1. The number of amides is 4. The number of H-pyrrole nitrogens is 1. The number of anilines is 1. The first-order valence-corrected chi connectivity index (χ1v) is 24.3. The van der Waals surface area contributed by atoms with Crippen molar-refractivity contribution in [3.63, 3.8) is 0 Å². The summed E-state index contributed by atoms with van der Waals surface area (Å²) >= 11 is 0. The third kappa shape index (κ3) is 10.2. The molecule has 0 aliphatic carbocycles. The van der Waals surface area contributed by atoms with Gasteiger partial charge in [0.05, 0.1) is 17.8 Å². The van der Waals surface area contributed by atoms with Gasteiger partial charge < -0.3 is 45.4 Å². The van der Waals surface area contributed by atoms with E-state index in [0.29, 0.717) is 24.3 Å². The SMILES string of the molecule is C#Cc1ccc([C@H](C)NC(=O)[C@@H]2C[C@@H](O)CN2C(=O)[C@@H](NC(=O)N2CCC(N3CCC(c4cnc(N5CCc6[nH]c7nnc(-c8ccccc8O)cc7c6[C@H]5C(F)(F)F)nc4)CC3)CC2)C(C)(C)C)cc1. The number of aromatic nitrogens is 5. The van der Waals surface area contributed by atoms with Crippen molar-refractivity contribution in [1.29, 1.82) is 0 Å². The summed E-state index contributed by atoms with van der Waals surface area (Å²) in [5, 5.41) is 35.7. The summed E-state index contributed by atoms with van der Waals surface area (Å²) in [5.41, 5.74) is 3.04. The summed E-state index contributed by atoms with van der Waals surface area (Å²) in [6.07, 6.45) is 6.70. The van der Waals surface area contributed by atoms with E-state index in [0.717, 1.165) is 55.5 Å². The Morgan fingerprint density at radius 2 is 1.61 bits per heavy atom. The van der Waals surface area contributed by atoms with Gasteiger partial charge in [0.25, 0.3) is 0 Å². The molecule has 4 amide bonds. The molecule has 16 nitrogen and oxygen atoms in total. The molecule has 0 unspecified atom stereocenters. The van der Waals surface area contributed by atoms with E-state index >= 15 is 13.2 Å². The molecule has 4 aliphatic heterocycles. The van der Waals surface area contributed by atoms with Crippen LogP contribution in [0, 0.1) is 17.8 Å². The minimum absolute atomic E-state index is 0.0122. The lowest BCUT2D eigenvalue weighted by molar-refractivity contribution is -0.151. The molecule has 9 rings (SSSR count). The lowest BCUT2D eigenvalue weighted by Crippen LogP contribution is -2.60. The number of phenolic OH excluding ortho intramolecular Hbond substituents is 1. The van der Waals surface area contributed by atoms with Crippen LogP contribution in [0.5, 0.6) is 5.75 Å². The maximum atomic E-state index is 15.1. The predicted molar refractivity (Wildman–Crippen MR) is 260 cm³/mol. The van der Waals surface area contributed by atoms with Crippen LogP contribution in [0.25, 0.3) is 22.3 Å². The number of rotatable bonds is 9. The van der Waals surface area contributed by atoms with Crippen molar-refractivity contribution in [2.45, 2.75) is 115 Å². The number of aromatic amines is 1. The number of likely N-dealkylation sites (tertiary alicyclic amines) is 3. The molecule has 19 heteroatoms. The first kappa shape index (κ1) is 49.2. The molecule has 7 heterocycles. The number of urea groups is 1. The number of piperidine rings is 2. The maximum absolute atomic E-state index is 15.1. The van der Waals surface area contributed by atoms with Gasteiger partial charge in [0.15, 0.2) is 11.7 Å². The molecule has 2 aromatic carbocycles. The number of nitrogens with one attached hydrogen (secondary N) is 3. The number of carbonyl (C=O) groups is 3. The van der Waals surface area contributed by atoms with Crippen molar-refractivity contribution in [2.24, 2.45) is 5.41 Å². The van der Waals surface area contributed by atoms with Crippen LogP contribution in [0.1, 0.15) is 106 Å². The van der Waals surface area contributed by atoms with Crippen LogP contribution in [0.3, 0.4) is 0 Å². The molecular weight excluding hydrogens is 916 g/mol. The Morgan fingerprint density at radius 1 is 0.915 bits per heavy atom. The van der Waals surface area contributed by atoms with Gasteiger partial charge in [0.2, 0.25) is 17.8 Å². The van der Waals surface area contributed by atoms with E-state index in [1.165, 1.54) is 21.9 Å². The molecule has 5 atom stereocenters. The van der Waals surface area contributed by atoms with Crippen LogP contribution >= 0.6 is 0 Å². The first-order chi connectivity index (χ1) is 33.9. The first-order valence-electron chi connectivity index (χ1n) is 24.3. The number of terminal acetylenes is 1. The van der Waals surface area contributed by atoms with Crippen LogP contribution in [0.15, 0.2) is 67.0 Å². The summed E-state index contributed by atoms with van der Waals surface area (Å²) in [5.74, 6) is 1.82. The standard InChI is InChI=1S/C52H60F3N11O5/c1-6-31-11-13-32(14-12-31)30(2)58-47(69)41-25-36(67)29-66(41)48(70)44(51(3,4)5)60-50(71)64-22-17-35(18-23-64)63-20-15-33(16-21-63)34-27-56-49(57-28-34)65-24-19-39-43(45(65)52(53,54)55)38-26-40(61-62-46(38)59-39)37-9-7-8-10-42(37)68/h1,7-14,26-28,30,33,35-36,41,44-45,67-68H,15-25,29H2,2-5H3,(H,58,69)(H,59,62)(H,60,71)/t30-,36+,41-,44+,45-/m0/s1. The summed E-state index contributed by atoms with van der Waals surface area (Å²) < 4.78 is 45.4. The zero-order valence-electron chi connectivity index (χ0n) is 40.3. The molecule has 4 aliphatic rings. The smallest absolute Gasteiger partial charge is 0.413 e. The number of benzene rings is 2. The number of halogens is 3. The maximum Gasteiger partial charge on any atom is 0.413 e. The van der Waals surface area contributed by atoms with Crippen molar-refractivity contribution >= 4 is 34.8 Å². The van der Waals surface area contributed by atoms with Gasteiger partial charge in [-0.25, -0.2) is 14.8 Å². The molecule has 5 aromatic rings. The molecule has 3 aromatic heterocycles. The molecule has 3 fully saturated rings. The Hall–Kier alpha value is -6.78. The van der Waals surface area contributed by atoms with Gasteiger partial charge in [-0.2, -0.15) is 13.2 Å². The molecule has 0 saturated carbocycles. The van der Waals surface area contributed by atoms with E-state index in [1.54, 1.807) is 47.6 Å². The molecule has 0 spiro atoms. The fourth-order valence-electron chi connectivity index (χ4n) is 10.8. The molecule has 3 saturated heterocycles. The van der Waals surface area contributed by atoms with Crippen molar-refractivity contribution < 1.29 is 37.8 Å². The summed E-state index contributed by atoms with van der Waals surface area (Å²) in [6, 6.07) is 10.9. The van der Waals surface area contributed by atoms with Gasteiger partial charge in [-0.3, -0.25) is 9.59 Å². The van der Waals surface area contributed by atoms with Gasteiger partial charge >= 0.3 is 12.2 Å². The molecule has 71 heavy (non-hydrogen) atoms. The van der Waals surface area contributed by atoms with Crippen molar-refractivity contribution in [3.8, 4) is 29.4 Å². The van der Waals surface area contributed by atoms with Gasteiger partial charge in [0.1, 0.15) is 17.8 Å². The minimum Gasteiger partial charge on any atom is -0.507 e. The van der Waals surface area contributed by atoms with Crippen LogP contribution in [0.4, 0.5) is 23.9 Å². The number of hydrogen-bond donors (Lipinski definition) is 5. The summed E-state index contributed by atoms with van der Waals surface area (Å²) in [4.78, 5) is 60.6. The molecule has 0 radical (unpaired) electrons. The van der Waals surface area contributed by atoms with E-state index in [2.05, 4.69) is 46.6 Å². The predicted octanol–water partition coefficient (Wildman–Crippen LogP) is 6.38. The van der Waals surface area contributed by atoms with E-state index in [1.807, 2.05) is 39.8 Å². The lowest BCUT2D eigenvalue weighted by atomic mass is 9.85. The van der Waals surface area contributed by atoms with Gasteiger partial charge in [-0.15, -0.1) is 16.6 Å². The highest BCUT2D eigenvalue weighted by molar-refractivity contribution is 5.93. The highest BCUT2D eigenvalue weighted by Gasteiger charge is 2.50. The van der Waals surface area contributed by atoms with Crippen molar-refractivity contribution in [3.05, 3.63) is 94.9 Å². The zero-order chi connectivity index (χ0) is 50.4. The second-order valence-electron chi connectivity index (χ2n) is 20.4. The van der Waals surface area contributed by atoms with Crippen molar-refractivity contribution in [2.75, 3.05) is 44.2 Å². The lowest BCUT2D eigenvalue weighted by Gasteiger charge is -2.42. The molecule has 5 N–H and O–H groups in total. The molecule has 0 bridgehead atoms. The molecule has 374 valence electrons. The van der Waals surface area contributed by atoms with Crippen LogP contribution in [-0.2, 0) is 16.0 Å². The average molecular weight is 976 g/mol. The van der Waals surface area contributed by atoms with E-state index in [-0.39, 0.29) is 89.9 Å². The van der Waals surface area contributed by atoms with E-state index < -0.39 is 41.7 Å². The van der Waals surface area contributed by atoms with Crippen molar-refractivity contribution in [1.82, 2.24) is 50.5 Å². The minimum atomic E-state index is -4.67. The monoisotopic (exact) mass is 975 g/mol. The summed E-state index contributed by atoms with van der Waals surface area (Å²) in [6.45, 7) is 10.0. The Balaban J connectivity index is 0.786. The Morgan fingerprint density at radius 3 is 2.25 bits per heavy atom. The van der Waals surface area contributed by atoms with Gasteiger partial charge in [-0.05, 0) is 98.5 Å².